The molecule has 0 aromatic heterocycles. The first-order chi connectivity index (χ1) is 22.9. The van der Waals surface area contributed by atoms with E-state index < -0.39 is 42.3 Å². The summed E-state index contributed by atoms with van der Waals surface area (Å²) in [7, 11) is 0. The lowest BCUT2D eigenvalue weighted by Gasteiger charge is -2.19. The molecule has 0 amide bonds. The molecule has 5 rings (SSSR count). The molecule has 4 aromatic rings. The number of fused-ring (bicyclic) bond motifs is 1. The molecule has 19 heteroatoms. The van der Waals surface area contributed by atoms with Crippen molar-refractivity contribution < 1.29 is 53.8 Å². The van der Waals surface area contributed by atoms with Gasteiger partial charge in [-0.05, 0) is 65.2 Å². The highest BCUT2D eigenvalue weighted by Crippen LogP contribution is 2.44. The van der Waals surface area contributed by atoms with Crippen LogP contribution in [-0.2, 0) is 11.2 Å². The van der Waals surface area contributed by atoms with Crippen LogP contribution in [-0.4, -0.2) is 41.0 Å². The minimum Gasteiger partial charge on any atom is -0.477 e. The van der Waals surface area contributed by atoms with Crippen molar-refractivity contribution in [3.63, 3.8) is 0 Å². The fraction of sp³-hybridized carbons (Fsp3) is 0.161. The molecule has 5 N–H and O–H groups in total. The number of carboxylic acid groups (broad SMARTS) is 1. The van der Waals surface area contributed by atoms with Crippen molar-refractivity contribution in [1.29, 1.82) is 0 Å². The van der Waals surface area contributed by atoms with E-state index in [4.69, 9.17) is 63.0 Å². The molecule has 268 valence electrons. The predicted molar refractivity (Wildman–Crippen MR) is 173 cm³/mol. The number of rotatable bonds is 4. The zero-order chi connectivity index (χ0) is 38.0. The largest absolute Gasteiger partial charge is 0.477 e. The molecule has 0 bridgehead atoms. The van der Waals surface area contributed by atoms with Gasteiger partial charge in [-0.3, -0.25) is 4.99 Å². The van der Waals surface area contributed by atoms with Crippen molar-refractivity contribution >= 4 is 75.1 Å². The van der Waals surface area contributed by atoms with E-state index in [9.17, 15) is 48.7 Å². The van der Waals surface area contributed by atoms with Crippen molar-refractivity contribution in [2.24, 2.45) is 4.99 Å². The van der Waals surface area contributed by atoms with Crippen LogP contribution in [0, 0.1) is 0 Å². The normalized spacial score (nSPS) is 13.0. The fourth-order valence-electron chi connectivity index (χ4n) is 3.99. The molecular formula is C31H19Cl4F10N3O2. The van der Waals surface area contributed by atoms with Crippen LogP contribution in [0.3, 0.4) is 0 Å². The zero-order valence-electron chi connectivity index (χ0n) is 24.4. The zero-order valence-corrected chi connectivity index (χ0v) is 27.4. The lowest BCUT2D eigenvalue weighted by Crippen LogP contribution is -2.44. The highest BCUT2D eigenvalue weighted by atomic mass is 35.5. The molecule has 1 heterocycles. The van der Waals surface area contributed by atoms with Gasteiger partial charge in [0.25, 0.3) is 0 Å². The average Bonchev–Trinajstić information content (AvgIpc) is 3.43. The number of hydrogen-bond donors (Lipinski definition) is 3. The third-order valence-electron chi connectivity index (χ3n) is 6.61. The van der Waals surface area contributed by atoms with E-state index in [2.05, 4.69) is 4.99 Å². The Labute approximate surface area is 296 Å². The standard InChI is InChI=1S/C16H8Cl2F5N.C12H10Cl2N2.C3HF5O2/c17-10-3-1-8(2-4-10)11-5-9-6-14(15(19,20)16(21,22)23)24-13(9)7-12(11)18;13-8-3-1-7(2-4-8)9-5-11(15)12(16)6-10(9)14;4-2(5,1(9)10)3(6,7)8/h1-5,7H,6H2;1-6H,15-16H2;(H,9,10). The number of anilines is 2. The van der Waals surface area contributed by atoms with Gasteiger partial charge < -0.3 is 16.6 Å². The summed E-state index contributed by atoms with van der Waals surface area (Å²) in [5, 5.41) is 9.28. The summed E-state index contributed by atoms with van der Waals surface area (Å²) in [6.07, 6.45) is -12.3. The maximum absolute atomic E-state index is 13.5. The first-order valence-corrected chi connectivity index (χ1v) is 14.8. The molecule has 0 unspecified atom stereocenters. The number of aliphatic imine (C=N–C) groups is 1. The summed E-state index contributed by atoms with van der Waals surface area (Å²) in [6, 6.07) is 20.2. The first-order valence-electron chi connectivity index (χ1n) is 13.3. The predicted octanol–water partition coefficient (Wildman–Crippen LogP) is 11.6. The second-order valence-corrected chi connectivity index (χ2v) is 11.8. The number of aliphatic carboxylic acids is 1. The number of hydrogen-bond acceptors (Lipinski definition) is 4. The number of halogens is 14. The Morgan fingerprint density at radius 1 is 0.640 bits per heavy atom. The molecule has 0 radical (unpaired) electrons. The maximum Gasteiger partial charge on any atom is 0.465 e. The van der Waals surface area contributed by atoms with Crippen molar-refractivity contribution in [2.75, 3.05) is 11.5 Å². The topological polar surface area (TPSA) is 102 Å². The van der Waals surface area contributed by atoms with Crippen LogP contribution in [0.4, 0.5) is 61.0 Å². The molecule has 0 spiro atoms. The lowest BCUT2D eigenvalue weighted by molar-refractivity contribution is -0.277. The Balaban J connectivity index is 0.000000224. The molecule has 1 aliphatic heterocycles. The van der Waals surface area contributed by atoms with Gasteiger partial charge in [0, 0.05) is 27.6 Å². The second kappa shape index (κ2) is 15.1. The van der Waals surface area contributed by atoms with Gasteiger partial charge in [0.05, 0.1) is 27.1 Å². The smallest absolute Gasteiger partial charge is 0.465 e. The van der Waals surface area contributed by atoms with Gasteiger partial charge in [0.15, 0.2) is 0 Å². The minimum atomic E-state index is -6.02. The molecule has 0 saturated heterocycles. The number of carboxylic acids is 1. The highest BCUT2D eigenvalue weighted by Gasteiger charge is 2.64. The van der Waals surface area contributed by atoms with Crippen LogP contribution in [0.5, 0.6) is 0 Å². The van der Waals surface area contributed by atoms with Crippen LogP contribution >= 0.6 is 46.4 Å². The summed E-state index contributed by atoms with van der Waals surface area (Å²) < 4.78 is 120. The molecule has 5 nitrogen and oxygen atoms in total. The molecule has 0 atom stereocenters. The van der Waals surface area contributed by atoms with Gasteiger partial charge >= 0.3 is 30.2 Å². The van der Waals surface area contributed by atoms with Crippen molar-refractivity contribution in [1.82, 2.24) is 0 Å². The summed E-state index contributed by atoms with van der Waals surface area (Å²) in [5.41, 5.74) is 14.5. The van der Waals surface area contributed by atoms with E-state index >= 15 is 0 Å². The van der Waals surface area contributed by atoms with Gasteiger partial charge in [0.2, 0.25) is 0 Å². The van der Waals surface area contributed by atoms with Crippen molar-refractivity contribution in [3.05, 3.63) is 98.5 Å². The summed E-state index contributed by atoms with van der Waals surface area (Å²) >= 11 is 23.9. The number of benzene rings is 4. The monoisotopic (exact) mass is 795 g/mol. The Hall–Kier alpha value is -3.92. The minimum absolute atomic E-state index is 0.0247. The first kappa shape index (κ1) is 40.5. The summed E-state index contributed by atoms with van der Waals surface area (Å²) in [4.78, 5) is 12.6. The number of alkyl halides is 10. The molecule has 0 saturated carbocycles. The number of nitrogen functional groups attached to an aromatic ring is 2. The molecular weight excluding hydrogens is 778 g/mol. The van der Waals surface area contributed by atoms with Crippen molar-refractivity contribution in [3.8, 4) is 22.3 Å². The summed E-state index contributed by atoms with van der Waals surface area (Å²) in [5.74, 6) is -13.8. The van der Waals surface area contributed by atoms with Gasteiger partial charge in [-0.1, -0.05) is 70.7 Å². The highest BCUT2D eigenvalue weighted by molar-refractivity contribution is 6.34. The Bertz CT molecular complexity index is 1900. The SMILES string of the molecule is FC(F)(F)C(F)(F)C1=Nc2cc(Cl)c(-c3ccc(Cl)cc3)cc2C1.Nc1cc(Cl)c(-c2ccc(Cl)cc2)cc1N.O=C(O)C(F)(F)C(F)(F)F. The van der Waals surface area contributed by atoms with Gasteiger partial charge in [0.1, 0.15) is 5.71 Å². The second-order valence-electron chi connectivity index (χ2n) is 10.1. The quantitative estimate of drug-likeness (QED) is 0.141. The number of carbonyl (C=O) groups is 1. The van der Waals surface area contributed by atoms with Gasteiger partial charge in [-0.2, -0.15) is 43.9 Å². The van der Waals surface area contributed by atoms with E-state index in [-0.39, 0.29) is 16.3 Å². The van der Waals surface area contributed by atoms with Gasteiger partial charge in [-0.15, -0.1) is 0 Å². The maximum atomic E-state index is 13.5. The van der Waals surface area contributed by atoms with Crippen LogP contribution in [0.25, 0.3) is 22.3 Å². The van der Waals surface area contributed by atoms with Gasteiger partial charge in [-0.25, -0.2) is 4.79 Å². The summed E-state index contributed by atoms with van der Waals surface area (Å²) in [6.45, 7) is 0. The van der Waals surface area contributed by atoms with E-state index in [1.165, 1.54) is 12.1 Å². The van der Waals surface area contributed by atoms with E-state index in [1.807, 2.05) is 12.1 Å². The average molecular weight is 797 g/mol. The van der Waals surface area contributed by atoms with E-state index in [1.54, 1.807) is 48.5 Å². The Kier molecular flexibility index (Phi) is 12.3. The number of nitrogens with two attached hydrogens (primary N) is 2. The third kappa shape index (κ3) is 9.24. The lowest BCUT2D eigenvalue weighted by atomic mass is 9.99. The van der Waals surface area contributed by atoms with Crippen LogP contribution < -0.4 is 11.5 Å². The number of nitrogens with zero attached hydrogens (tertiary/aromatic N) is 1. The van der Waals surface area contributed by atoms with Crippen molar-refractivity contribution in [2.45, 2.75) is 30.6 Å². The van der Waals surface area contributed by atoms with E-state index in [0.29, 0.717) is 37.6 Å². The molecule has 50 heavy (non-hydrogen) atoms. The molecule has 4 aromatic carbocycles. The van der Waals surface area contributed by atoms with E-state index in [0.717, 1.165) is 11.1 Å². The molecule has 0 fully saturated rings. The van der Waals surface area contributed by atoms with Crippen LogP contribution in [0.2, 0.25) is 20.1 Å². The third-order valence-corrected chi connectivity index (χ3v) is 7.74. The fourth-order valence-corrected chi connectivity index (χ4v) is 4.79. The Morgan fingerprint density at radius 3 is 1.46 bits per heavy atom. The molecule has 0 aliphatic carbocycles. The Morgan fingerprint density at radius 2 is 1.06 bits per heavy atom. The van der Waals surface area contributed by atoms with Crippen LogP contribution in [0.1, 0.15) is 5.56 Å². The van der Waals surface area contributed by atoms with Crippen LogP contribution in [0.15, 0.2) is 77.8 Å². The molecule has 1 aliphatic rings.